The van der Waals surface area contributed by atoms with Gasteiger partial charge in [0, 0.05) is 25.0 Å². The Bertz CT molecular complexity index is 645. The summed E-state index contributed by atoms with van der Waals surface area (Å²) >= 11 is 0. The van der Waals surface area contributed by atoms with Crippen molar-refractivity contribution in [3.63, 3.8) is 0 Å². The molecule has 0 fully saturated rings. The van der Waals surface area contributed by atoms with E-state index in [1.165, 1.54) is 11.1 Å². The molecule has 2 aromatic rings. The lowest BCUT2D eigenvalue weighted by Gasteiger charge is -1.98. The number of nitrogens with zero attached hydrogens (tertiary/aromatic N) is 1. The highest BCUT2D eigenvalue weighted by Crippen LogP contribution is 2.09. The molecule has 0 spiro atoms. The van der Waals surface area contributed by atoms with Crippen LogP contribution in [-0.2, 0) is 11.3 Å². The maximum absolute atomic E-state index is 10.5. The largest absolute Gasteiger partial charge is 0.481 e. The van der Waals surface area contributed by atoms with Gasteiger partial charge in [0.1, 0.15) is 6.54 Å². The summed E-state index contributed by atoms with van der Waals surface area (Å²) in [4.78, 5) is 10.5. The average molecular weight is 296 g/mol. The predicted molar refractivity (Wildman–Crippen MR) is 88.2 cm³/mol. The highest BCUT2D eigenvalue weighted by Gasteiger charge is 2.02. The minimum absolute atomic E-state index is 0.248. The van der Waals surface area contributed by atoms with Gasteiger partial charge in [-0.25, -0.2) is 4.57 Å². The number of hydrogen-bond acceptors (Lipinski definition) is 1. The molecule has 2 rings (SSSR count). The Morgan fingerprint density at radius 3 is 2.50 bits per heavy atom. The second-order valence-electron chi connectivity index (χ2n) is 5.47. The van der Waals surface area contributed by atoms with Crippen molar-refractivity contribution in [3.8, 4) is 0 Å². The maximum atomic E-state index is 10.5. The Kier molecular flexibility index (Phi) is 5.90. The van der Waals surface area contributed by atoms with Gasteiger partial charge >= 0.3 is 5.97 Å². The van der Waals surface area contributed by atoms with E-state index in [4.69, 9.17) is 5.11 Å². The number of hydrogen-bond donors (Lipinski definition) is 1. The molecule has 1 heterocycles. The van der Waals surface area contributed by atoms with Gasteiger partial charge in [0.25, 0.3) is 0 Å². The second kappa shape index (κ2) is 8.13. The van der Waals surface area contributed by atoms with E-state index in [0.29, 0.717) is 0 Å². The maximum Gasteiger partial charge on any atom is 0.303 e. The highest BCUT2D eigenvalue weighted by molar-refractivity contribution is 5.69. The van der Waals surface area contributed by atoms with E-state index in [1.807, 2.05) is 12.4 Å². The van der Waals surface area contributed by atoms with Crippen LogP contribution in [0.25, 0.3) is 12.2 Å². The molecule has 0 atom stereocenters. The Hall–Kier alpha value is -2.42. The molecule has 0 amide bonds. The molecule has 0 aliphatic carbocycles. The average Bonchev–Trinajstić information content (AvgIpc) is 2.51. The van der Waals surface area contributed by atoms with E-state index in [1.54, 1.807) is 0 Å². The summed E-state index contributed by atoms with van der Waals surface area (Å²) in [6, 6.07) is 12.5. The first-order chi connectivity index (χ1) is 10.6. The smallest absolute Gasteiger partial charge is 0.303 e. The van der Waals surface area contributed by atoms with Crippen molar-refractivity contribution < 1.29 is 14.5 Å². The molecule has 1 aromatic heterocycles. The van der Waals surface area contributed by atoms with Gasteiger partial charge in [-0.2, -0.15) is 0 Å². The number of rotatable bonds is 7. The van der Waals surface area contributed by atoms with Crippen molar-refractivity contribution >= 4 is 18.1 Å². The third-order valence-corrected chi connectivity index (χ3v) is 3.48. The molecule has 3 heteroatoms. The number of aliphatic carboxylic acids is 1. The number of carboxylic acid groups (broad SMARTS) is 1. The molecule has 0 unspecified atom stereocenters. The second-order valence-corrected chi connectivity index (χ2v) is 5.47. The fourth-order valence-corrected chi connectivity index (χ4v) is 2.27. The lowest BCUT2D eigenvalue weighted by molar-refractivity contribution is -0.697. The van der Waals surface area contributed by atoms with Gasteiger partial charge in [-0.1, -0.05) is 42.0 Å². The molecule has 1 aromatic carbocycles. The minimum Gasteiger partial charge on any atom is -0.481 e. The fraction of sp³-hybridized carbons (Fsp3) is 0.263. The summed E-state index contributed by atoms with van der Waals surface area (Å²) in [7, 11) is 0. The van der Waals surface area contributed by atoms with Crippen LogP contribution in [-0.4, -0.2) is 11.1 Å². The summed E-state index contributed by atoms with van der Waals surface area (Å²) in [5, 5.41) is 8.60. The van der Waals surface area contributed by atoms with Crippen molar-refractivity contribution in [1.29, 1.82) is 0 Å². The Labute approximate surface area is 131 Å². The van der Waals surface area contributed by atoms with Crippen molar-refractivity contribution in [1.82, 2.24) is 0 Å². The Morgan fingerprint density at radius 2 is 1.82 bits per heavy atom. The first-order valence-electron chi connectivity index (χ1n) is 7.59. The standard InChI is InChI=1S/C19H21NO2/c1-16-5-4-6-18(15-16)9-8-17-10-13-20(14-11-17)12-3-2-7-19(21)22/h4-6,8-11,13-15H,2-3,7,12H2,1H3/p+1/b9-8-. The first-order valence-corrected chi connectivity index (χ1v) is 7.59. The van der Waals surface area contributed by atoms with Gasteiger partial charge in [0.2, 0.25) is 0 Å². The lowest BCUT2D eigenvalue weighted by Crippen LogP contribution is -2.32. The SMILES string of the molecule is Cc1cccc(/C=C\c2cc[n+](CCCCC(=O)O)cc2)c1. The summed E-state index contributed by atoms with van der Waals surface area (Å²) < 4.78 is 2.09. The van der Waals surface area contributed by atoms with Crippen molar-refractivity contribution in [2.75, 3.05) is 0 Å². The van der Waals surface area contributed by atoms with Crippen LogP contribution in [0.4, 0.5) is 0 Å². The third-order valence-electron chi connectivity index (χ3n) is 3.48. The van der Waals surface area contributed by atoms with Crippen LogP contribution >= 0.6 is 0 Å². The van der Waals surface area contributed by atoms with Gasteiger partial charge in [-0.3, -0.25) is 4.79 Å². The molecular formula is C19H22NO2+. The van der Waals surface area contributed by atoms with Crippen molar-refractivity contribution in [2.45, 2.75) is 32.7 Å². The zero-order chi connectivity index (χ0) is 15.8. The number of unbranched alkanes of at least 4 members (excludes halogenated alkanes) is 1. The molecule has 0 bridgehead atoms. The number of aryl methyl sites for hydroxylation is 2. The van der Waals surface area contributed by atoms with Gasteiger partial charge in [-0.15, -0.1) is 0 Å². The van der Waals surface area contributed by atoms with Crippen LogP contribution in [0.5, 0.6) is 0 Å². The molecule has 114 valence electrons. The quantitative estimate of drug-likeness (QED) is 0.625. The zero-order valence-corrected chi connectivity index (χ0v) is 12.9. The number of aromatic nitrogens is 1. The molecule has 0 aliphatic rings. The summed E-state index contributed by atoms with van der Waals surface area (Å²) in [5.74, 6) is -0.721. The molecule has 0 saturated heterocycles. The van der Waals surface area contributed by atoms with E-state index in [-0.39, 0.29) is 6.42 Å². The predicted octanol–water partition coefficient (Wildman–Crippen LogP) is 3.71. The van der Waals surface area contributed by atoms with Crippen LogP contribution in [0.15, 0.2) is 48.8 Å². The molecular weight excluding hydrogens is 274 g/mol. The van der Waals surface area contributed by atoms with E-state index < -0.39 is 5.97 Å². The van der Waals surface area contributed by atoms with Crippen LogP contribution < -0.4 is 4.57 Å². The van der Waals surface area contributed by atoms with E-state index in [0.717, 1.165) is 24.9 Å². The van der Waals surface area contributed by atoms with Gasteiger partial charge < -0.3 is 5.11 Å². The minimum atomic E-state index is -0.721. The molecule has 0 aliphatic heterocycles. The molecule has 1 N–H and O–H groups in total. The van der Waals surface area contributed by atoms with Crippen molar-refractivity contribution in [2.24, 2.45) is 0 Å². The first kappa shape index (κ1) is 16.0. The van der Waals surface area contributed by atoms with Gasteiger partial charge in [-0.05, 0) is 24.5 Å². The summed E-state index contributed by atoms with van der Waals surface area (Å²) in [6.07, 6.45) is 10.1. The Morgan fingerprint density at radius 1 is 1.09 bits per heavy atom. The van der Waals surface area contributed by atoms with Crippen LogP contribution in [0.1, 0.15) is 36.0 Å². The van der Waals surface area contributed by atoms with E-state index in [2.05, 4.69) is 60.0 Å². The van der Waals surface area contributed by atoms with Crippen LogP contribution in [0.2, 0.25) is 0 Å². The lowest BCUT2D eigenvalue weighted by atomic mass is 10.1. The van der Waals surface area contributed by atoms with E-state index >= 15 is 0 Å². The van der Waals surface area contributed by atoms with E-state index in [9.17, 15) is 4.79 Å². The number of pyridine rings is 1. The fourth-order valence-electron chi connectivity index (χ4n) is 2.27. The third kappa shape index (κ3) is 5.52. The van der Waals surface area contributed by atoms with Crippen LogP contribution in [0.3, 0.4) is 0 Å². The zero-order valence-electron chi connectivity index (χ0n) is 12.9. The topological polar surface area (TPSA) is 41.2 Å². The van der Waals surface area contributed by atoms with Gasteiger partial charge in [0.05, 0.1) is 0 Å². The molecule has 0 saturated carbocycles. The number of benzene rings is 1. The highest BCUT2D eigenvalue weighted by atomic mass is 16.4. The normalized spacial score (nSPS) is 11.0. The van der Waals surface area contributed by atoms with Crippen molar-refractivity contribution in [3.05, 3.63) is 65.5 Å². The number of carboxylic acids is 1. The number of carbonyl (C=O) groups is 1. The molecule has 0 radical (unpaired) electrons. The molecule has 3 nitrogen and oxygen atoms in total. The Balaban J connectivity index is 1.87. The summed E-state index contributed by atoms with van der Waals surface area (Å²) in [5.41, 5.74) is 3.61. The summed E-state index contributed by atoms with van der Waals surface area (Å²) in [6.45, 7) is 2.95. The van der Waals surface area contributed by atoms with Gasteiger partial charge in [0.15, 0.2) is 12.4 Å². The molecule has 22 heavy (non-hydrogen) atoms. The van der Waals surface area contributed by atoms with Crippen LogP contribution in [0, 0.1) is 6.92 Å². The monoisotopic (exact) mass is 296 g/mol.